The Morgan fingerprint density at radius 2 is 1.91 bits per heavy atom. The molecule has 1 aliphatic rings. The lowest BCUT2D eigenvalue weighted by molar-refractivity contribution is 0.131. The number of methoxy groups -OCH3 is 1. The van der Waals surface area contributed by atoms with E-state index in [0.717, 1.165) is 24.3 Å². The van der Waals surface area contributed by atoms with Gasteiger partial charge in [-0.05, 0) is 44.4 Å². The van der Waals surface area contributed by atoms with Gasteiger partial charge in [-0.2, -0.15) is 0 Å². The molecule has 1 fully saturated rings. The van der Waals surface area contributed by atoms with Crippen LogP contribution < -0.4 is 5.32 Å². The predicted octanol–water partition coefficient (Wildman–Crippen LogP) is 3.17. The van der Waals surface area contributed by atoms with Crippen LogP contribution >= 0.6 is 0 Å². The number of amides is 1. The number of anilines is 1. The summed E-state index contributed by atoms with van der Waals surface area (Å²) < 4.78 is 4.70. The molecule has 1 N–H and O–H groups in total. The largest absolute Gasteiger partial charge is 0.453 e. The van der Waals surface area contributed by atoms with Crippen molar-refractivity contribution in [3.8, 4) is 0 Å². The Kier molecular flexibility index (Phi) is 6.28. The van der Waals surface area contributed by atoms with Gasteiger partial charge in [0.05, 0.1) is 7.11 Å². The predicted molar refractivity (Wildman–Crippen MR) is 93.7 cm³/mol. The van der Waals surface area contributed by atoms with Gasteiger partial charge >= 0.3 is 6.09 Å². The molecule has 0 unspecified atom stereocenters. The van der Waals surface area contributed by atoms with E-state index in [1.165, 1.54) is 20.0 Å². The van der Waals surface area contributed by atoms with Crippen molar-refractivity contribution in [1.82, 2.24) is 9.80 Å². The molecule has 5 heteroatoms. The van der Waals surface area contributed by atoms with Crippen LogP contribution in [-0.2, 0) is 11.3 Å². The lowest BCUT2D eigenvalue weighted by atomic mass is 10.0. The van der Waals surface area contributed by atoms with Gasteiger partial charge in [-0.1, -0.05) is 12.1 Å². The Balaban J connectivity index is 1.82. The van der Waals surface area contributed by atoms with Crippen molar-refractivity contribution in [2.75, 3.05) is 32.6 Å². The monoisotopic (exact) mass is 319 g/mol. The number of hydrogen-bond donors (Lipinski definition) is 1. The molecule has 1 saturated heterocycles. The van der Waals surface area contributed by atoms with Gasteiger partial charge in [0.1, 0.15) is 0 Å². The lowest BCUT2D eigenvalue weighted by Gasteiger charge is -2.35. The molecule has 0 aromatic heterocycles. The molecule has 0 radical (unpaired) electrons. The first kappa shape index (κ1) is 17.6. The lowest BCUT2D eigenvalue weighted by Crippen LogP contribution is -2.42. The summed E-state index contributed by atoms with van der Waals surface area (Å²) in [6.45, 7) is 7.41. The molecule has 128 valence electrons. The van der Waals surface area contributed by atoms with E-state index in [-0.39, 0.29) is 6.09 Å². The summed E-state index contributed by atoms with van der Waals surface area (Å²) in [5, 5.41) is 3.62. The van der Waals surface area contributed by atoms with Gasteiger partial charge in [-0.25, -0.2) is 4.79 Å². The van der Waals surface area contributed by atoms with Gasteiger partial charge in [0.2, 0.25) is 0 Å². The average Bonchev–Trinajstić information content (AvgIpc) is 2.56. The number of ether oxygens (including phenoxy) is 1. The van der Waals surface area contributed by atoms with E-state index in [9.17, 15) is 4.79 Å². The van der Waals surface area contributed by atoms with Crippen LogP contribution in [0.4, 0.5) is 10.5 Å². The van der Waals surface area contributed by atoms with Crippen LogP contribution in [0.5, 0.6) is 0 Å². The highest BCUT2D eigenvalue weighted by Gasteiger charge is 2.20. The molecular weight excluding hydrogens is 290 g/mol. The zero-order valence-electron chi connectivity index (χ0n) is 14.7. The number of likely N-dealkylation sites (tertiary alicyclic amines) is 1. The van der Waals surface area contributed by atoms with Gasteiger partial charge < -0.3 is 19.9 Å². The third kappa shape index (κ3) is 5.13. The van der Waals surface area contributed by atoms with Crippen LogP contribution in [0.1, 0.15) is 32.3 Å². The van der Waals surface area contributed by atoms with Crippen LogP contribution in [0.3, 0.4) is 0 Å². The molecule has 0 bridgehead atoms. The molecule has 1 amide bonds. The van der Waals surface area contributed by atoms with Crippen molar-refractivity contribution in [3.05, 3.63) is 29.8 Å². The highest BCUT2D eigenvalue weighted by Crippen LogP contribution is 2.19. The molecule has 0 aliphatic carbocycles. The van der Waals surface area contributed by atoms with Gasteiger partial charge in [0, 0.05) is 44.5 Å². The molecule has 5 nitrogen and oxygen atoms in total. The average molecular weight is 319 g/mol. The number of nitrogens with zero attached hydrogens (tertiary/aromatic N) is 2. The van der Waals surface area contributed by atoms with E-state index in [0.29, 0.717) is 18.6 Å². The summed E-state index contributed by atoms with van der Waals surface area (Å²) in [7, 11) is 3.14. The van der Waals surface area contributed by atoms with Gasteiger partial charge in [-0.15, -0.1) is 0 Å². The van der Waals surface area contributed by atoms with Crippen LogP contribution in [0.2, 0.25) is 0 Å². The highest BCUT2D eigenvalue weighted by atomic mass is 16.5. The summed E-state index contributed by atoms with van der Waals surface area (Å²) in [6.07, 6.45) is 2.06. The number of nitrogens with one attached hydrogen (secondary N) is 1. The fraction of sp³-hybridized carbons (Fsp3) is 0.611. The summed E-state index contributed by atoms with van der Waals surface area (Å²) in [5.74, 6) is 0. The van der Waals surface area contributed by atoms with E-state index in [1.54, 1.807) is 11.9 Å². The fourth-order valence-corrected chi connectivity index (χ4v) is 3.00. The Bertz CT molecular complexity index is 493. The zero-order valence-corrected chi connectivity index (χ0v) is 14.7. The maximum absolute atomic E-state index is 11.4. The smallest absolute Gasteiger partial charge is 0.409 e. The Labute approximate surface area is 139 Å². The number of hydrogen-bond acceptors (Lipinski definition) is 4. The zero-order chi connectivity index (χ0) is 16.8. The topological polar surface area (TPSA) is 44.8 Å². The Morgan fingerprint density at radius 1 is 1.30 bits per heavy atom. The molecule has 2 rings (SSSR count). The molecule has 1 heterocycles. The summed E-state index contributed by atoms with van der Waals surface area (Å²) >= 11 is 0. The van der Waals surface area contributed by atoms with E-state index in [2.05, 4.69) is 48.3 Å². The number of carbonyl (C=O) groups excluding carboxylic acids is 1. The van der Waals surface area contributed by atoms with Crippen molar-refractivity contribution in [2.24, 2.45) is 0 Å². The molecular formula is C18H29N3O2. The van der Waals surface area contributed by atoms with E-state index < -0.39 is 0 Å². The van der Waals surface area contributed by atoms with Crippen molar-refractivity contribution in [3.63, 3.8) is 0 Å². The van der Waals surface area contributed by atoms with Crippen molar-refractivity contribution >= 4 is 11.8 Å². The van der Waals surface area contributed by atoms with Crippen molar-refractivity contribution in [1.29, 1.82) is 0 Å². The number of carbonyl (C=O) groups is 1. The number of rotatable bonds is 5. The molecule has 1 aromatic rings. The van der Waals surface area contributed by atoms with E-state index >= 15 is 0 Å². The third-order valence-electron chi connectivity index (χ3n) is 4.49. The van der Waals surface area contributed by atoms with Crippen molar-refractivity contribution < 1.29 is 9.53 Å². The first-order chi connectivity index (χ1) is 11.0. The normalized spacial score (nSPS) is 16.4. The minimum atomic E-state index is -0.316. The third-order valence-corrected chi connectivity index (χ3v) is 4.49. The second-order valence-electron chi connectivity index (χ2n) is 6.57. The van der Waals surface area contributed by atoms with Crippen LogP contribution in [-0.4, -0.2) is 55.2 Å². The molecule has 1 aliphatic heterocycles. The Hall–Kier alpha value is -1.75. The molecule has 0 spiro atoms. The minimum absolute atomic E-state index is 0.316. The summed E-state index contributed by atoms with van der Waals surface area (Å²) in [4.78, 5) is 15.5. The van der Waals surface area contributed by atoms with Crippen LogP contribution in [0.25, 0.3) is 0 Å². The standard InChI is InChI=1S/C18H29N3O2/c1-14(2)21-11-9-17(10-12-21)19-16-7-5-15(6-8-16)13-20(3)18(22)23-4/h5-8,14,17,19H,9-13H2,1-4H3. The molecule has 23 heavy (non-hydrogen) atoms. The van der Waals surface area contributed by atoms with Gasteiger partial charge in [-0.3, -0.25) is 0 Å². The molecule has 0 atom stereocenters. The van der Waals surface area contributed by atoms with Crippen LogP contribution in [0.15, 0.2) is 24.3 Å². The number of piperidine rings is 1. The quantitative estimate of drug-likeness (QED) is 0.905. The second kappa shape index (κ2) is 8.20. The first-order valence-electron chi connectivity index (χ1n) is 8.38. The molecule has 1 aromatic carbocycles. The molecule has 0 saturated carbocycles. The maximum atomic E-state index is 11.4. The second-order valence-corrected chi connectivity index (χ2v) is 6.57. The first-order valence-corrected chi connectivity index (χ1v) is 8.38. The summed E-state index contributed by atoms with van der Waals surface area (Å²) in [5.41, 5.74) is 2.25. The highest BCUT2D eigenvalue weighted by molar-refractivity contribution is 5.67. The SMILES string of the molecule is COC(=O)N(C)Cc1ccc(NC2CCN(C(C)C)CC2)cc1. The van der Waals surface area contributed by atoms with Crippen molar-refractivity contribution in [2.45, 2.75) is 45.3 Å². The van der Waals surface area contributed by atoms with Crippen LogP contribution in [0, 0.1) is 0 Å². The van der Waals surface area contributed by atoms with Gasteiger partial charge in [0.25, 0.3) is 0 Å². The maximum Gasteiger partial charge on any atom is 0.409 e. The van der Waals surface area contributed by atoms with Gasteiger partial charge in [0.15, 0.2) is 0 Å². The minimum Gasteiger partial charge on any atom is -0.453 e. The Morgan fingerprint density at radius 3 is 2.43 bits per heavy atom. The summed E-state index contributed by atoms with van der Waals surface area (Å²) in [6, 6.07) is 9.50. The fourth-order valence-electron chi connectivity index (χ4n) is 3.00. The number of benzene rings is 1. The van der Waals surface area contributed by atoms with E-state index in [4.69, 9.17) is 4.74 Å². The van der Waals surface area contributed by atoms with E-state index in [1.807, 2.05) is 0 Å².